The molecule has 0 aliphatic carbocycles. The maximum atomic E-state index is 13.4. The van der Waals surface area contributed by atoms with Gasteiger partial charge in [0.05, 0.1) is 30.3 Å². The van der Waals surface area contributed by atoms with E-state index in [2.05, 4.69) is 12.2 Å². The van der Waals surface area contributed by atoms with E-state index in [4.69, 9.17) is 9.72 Å². The van der Waals surface area contributed by atoms with Crippen LogP contribution >= 0.6 is 34.4 Å². The highest BCUT2D eigenvalue weighted by molar-refractivity contribution is 7.99. The Bertz CT molecular complexity index is 1080. The van der Waals surface area contributed by atoms with E-state index in [9.17, 15) is 9.59 Å². The lowest BCUT2D eigenvalue weighted by Crippen LogP contribution is -2.30. The van der Waals surface area contributed by atoms with Crippen LogP contribution in [0.3, 0.4) is 0 Å². The molecule has 1 aliphatic rings. The highest BCUT2D eigenvalue weighted by Crippen LogP contribution is 2.30. The van der Waals surface area contributed by atoms with Gasteiger partial charge >= 0.3 is 0 Å². The van der Waals surface area contributed by atoms with Crippen molar-refractivity contribution in [3.63, 3.8) is 0 Å². The molecule has 1 saturated heterocycles. The zero-order valence-electron chi connectivity index (χ0n) is 17.1. The quantitative estimate of drug-likeness (QED) is 0.404. The molecule has 1 atom stereocenters. The fraction of sp³-hybridized carbons (Fsp3) is 0.476. The number of carbonyl (C=O) groups excluding carboxylic acids is 1. The molecule has 4 heterocycles. The maximum Gasteiger partial charge on any atom is 0.263 e. The van der Waals surface area contributed by atoms with Gasteiger partial charge < -0.3 is 10.1 Å². The van der Waals surface area contributed by atoms with Gasteiger partial charge in [0.2, 0.25) is 5.91 Å². The number of hydrogen-bond acceptors (Lipinski definition) is 7. The van der Waals surface area contributed by atoms with Crippen LogP contribution in [0.4, 0.5) is 0 Å². The van der Waals surface area contributed by atoms with Crippen LogP contribution in [0.15, 0.2) is 27.5 Å². The van der Waals surface area contributed by atoms with Crippen LogP contribution < -0.4 is 10.9 Å². The van der Waals surface area contributed by atoms with Gasteiger partial charge in [0, 0.05) is 16.4 Å². The van der Waals surface area contributed by atoms with Gasteiger partial charge in [-0.2, -0.15) is 0 Å². The van der Waals surface area contributed by atoms with Crippen molar-refractivity contribution < 1.29 is 9.53 Å². The Morgan fingerprint density at radius 3 is 3.03 bits per heavy atom. The van der Waals surface area contributed by atoms with Crippen molar-refractivity contribution in [3.05, 3.63) is 43.2 Å². The fourth-order valence-corrected chi connectivity index (χ4v) is 6.34. The summed E-state index contributed by atoms with van der Waals surface area (Å²) in [7, 11) is 0. The van der Waals surface area contributed by atoms with Gasteiger partial charge in [0.1, 0.15) is 4.83 Å². The normalized spacial score (nSPS) is 16.4. The third-order valence-corrected chi connectivity index (χ3v) is 8.11. The fourth-order valence-electron chi connectivity index (χ4n) is 3.70. The Labute approximate surface area is 187 Å². The van der Waals surface area contributed by atoms with Crippen LogP contribution in [-0.2, 0) is 29.0 Å². The number of ether oxygens (including phenoxy) is 1. The molecule has 4 rings (SSSR count). The van der Waals surface area contributed by atoms with Crippen molar-refractivity contribution in [2.75, 3.05) is 12.4 Å². The van der Waals surface area contributed by atoms with Crippen molar-refractivity contribution in [2.24, 2.45) is 0 Å². The molecule has 9 heteroatoms. The largest absolute Gasteiger partial charge is 0.376 e. The zero-order valence-corrected chi connectivity index (χ0v) is 19.6. The first kappa shape index (κ1) is 21.5. The molecule has 0 radical (unpaired) electrons. The van der Waals surface area contributed by atoms with E-state index < -0.39 is 0 Å². The molecule has 160 valence electrons. The van der Waals surface area contributed by atoms with E-state index in [-0.39, 0.29) is 23.3 Å². The summed E-state index contributed by atoms with van der Waals surface area (Å²) in [6, 6.07) is 3.97. The first-order valence-electron chi connectivity index (χ1n) is 10.1. The minimum absolute atomic E-state index is 0.0156. The van der Waals surface area contributed by atoms with Crippen molar-refractivity contribution in [2.45, 2.75) is 57.5 Å². The van der Waals surface area contributed by atoms with Crippen molar-refractivity contribution in [1.29, 1.82) is 0 Å². The van der Waals surface area contributed by atoms with Crippen molar-refractivity contribution in [1.82, 2.24) is 14.9 Å². The Balaban J connectivity index is 1.58. The van der Waals surface area contributed by atoms with E-state index in [1.807, 2.05) is 24.4 Å². The monoisotopic (exact) mass is 463 g/mol. The Morgan fingerprint density at radius 2 is 2.33 bits per heavy atom. The maximum absolute atomic E-state index is 13.4. The number of aromatic nitrogens is 2. The number of hydrogen-bond donors (Lipinski definition) is 1. The molecule has 0 saturated carbocycles. The summed E-state index contributed by atoms with van der Waals surface area (Å²) in [5, 5.41) is 6.25. The summed E-state index contributed by atoms with van der Waals surface area (Å²) in [5.41, 5.74) is 1.07. The Kier molecular flexibility index (Phi) is 6.92. The van der Waals surface area contributed by atoms with Crippen LogP contribution in [-0.4, -0.2) is 33.9 Å². The molecular weight excluding hydrogens is 438 g/mol. The molecule has 0 spiro atoms. The number of fused-ring (bicyclic) bond motifs is 1. The minimum Gasteiger partial charge on any atom is -0.376 e. The molecule has 1 N–H and O–H groups in total. The average Bonchev–Trinajstić information content (AvgIpc) is 3.48. The molecule has 0 aromatic carbocycles. The molecule has 1 unspecified atom stereocenters. The average molecular weight is 464 g/mol. The van der Waals surface area contributed by atoms with Crippen molar-refractivity contribution >= 4 is 50.6 Å². The second-order valence-corrected chi connectivity index (χ2v) is 10.4. The lowest BCUT2D eigenvalue weighted by molar-refractivity contribution is -0.118. The molecule has 3 aromatic heterocycles. The highest BCUT2D eigenvalue weighted by Gasteiger charge is 2.23. The second-order valence-electron chi connectivity index (χ2n) is 7.26. The number of nitrogens with one attached hydrogen (secondary N) is 1. The molecule has 0 bridgehead atoms. The lowest BCUT2D eigenvalue weighted by Gasteiger charge is -2.16. The van der Waals surface area contributed by atoms with Gasteiger partial charge in [-0.1, -0.05) is 24.8 Å². The summed E-state index contributed by atoms with van der Waals surface area (Å²) < 4.78 is 7.50. The summed E-state index contributed by atoms with van der Waals surface area (Å²) >= 11 is 4.50. The highest BCUT2D eigenvalue weighted by atomic mass is 32.2. The number of thiophene rings is 2. The Hall–Kier alpha value is -1.68. The van der Waals surface area contributed by atoms with Gasteiger partial charge in [-0.25, -0.2) is 4.98 Å². The number of nitrogens with zero attached hydrogens (tertiary/aromatic N) is 2. The number of rotatable bonds is 8. The lowest BCUT2D eigenvalue weighted by atomic mass is 10.1. The smallest absolute Gasteiger partial charge is 0.263 e. The standard InChI is InChI=1S/C21H25N3O3S3/c1-3-16-13(2)30-19-18(16)20(26)24(11-14-6-4-8-27-14)21(23-19)29-12-17(25)22-10-15-7-5-9-28-15/h5,7,9,14H,3-4,6,8,10-12H2,1-2H3,(H,22,25). The van der Waals surface area contributed by atoms with Crippen LogP contribution in [0.5, 0.6) is 0 Å². The van der Waals surface area contributed by atoms with Crippen LogP contribution in [0.2, 0.25) is 0 Å². The van der Waals surface area contributed by atoms with Crippen molar-refractivity contribution in [3.8, 4) is 0 Å². The Morgan fingerprint density at radius 1 is 1.47 bits per heavy atom. The first-order chi connectivity index (χ1) is 14.6. The van der Waals surface area contributed by atoms with E-state index in [1.165, 1.54) is 11.8 Å². The summed E-state index contributed by atoms with van der Waals surface area (Å²) in [5.74, 6) is 0.155. The van der Waals surface area contributed by atoms with Gasteiger partial charge in [-0.15, -0.1) is 22.7 Å². The topological polar surface area (TPSA) is 73.2 Å². The molecule has 6 nitrogen and oxygen atoms in total. The second kappa shape index (κ2) is 9.64. The van der Waals surface area contributed by atoms with Gasteiger partial charge in [0.15, 0.2) is 5.16 Å². The van der Waals surface area contributed by atoms with Crippen LogP contribution in [0.1, 0.15) is 35.1 Å². The predicted molar refractivity (Wildman–Crippen MR) is 124 cm³/mol. The molecule has 1 amide bonds. The first-order valence-corrected chi connectivity index (χ1v) is 12.8. The number of thioether (sulfide) groups is 1. The number of carbonyl (C=O) groups is 1. The van der Waals surface area contributed by atoms with Crippen LogP contribution in [0.25, 0.3) is 10.2 Å². The molecule has 1 aliphatic heterocycles. The molecule has 3 aromatic rings. The van der Waals surface area contributed by atoms with Crippen LogP contribution in [0, 0.1) is 6.92 Å². The zero-order chi connectivity index (χ0) is 21.1. The number of amides is 1. The van der Waals surface area contributed by atoms with Gasteiger partial charge in [-0.3, -0.25) is 14.2 Å². The predicted octanol–water partition coefficient (Wildman–Crippen LogP) is 3.98. The van der Waals surface area contributed by atoms with E-state index >= 15 is 0 Å². The summed E-state index contributed by atoms with van der Waals surface area (Å²) in [4.78, 5) is 33.6. The molecular formula is C21H25N3O3S3. The van der Waals surface area contributed by atoms with Gasteiger partial charge in [0.25, 0.3) is 5.56 Å². The molecule has 30 heavy (non-hydrogen) atoms. The SMILES string of the molecule is CCc1c(C)sc2nc(SCC(=O)NCc3cccs3)n(CC3CCCO3)c(=O)c12. The summed E-state index contributed by atoms with van der Waals surface area (Å²) in [6.45, 7) is 5.86. The number of aryl methyl sites for hydroxylation is 2. The third kappa shape index (κ3) is 4.64. The van der Waals surface area contributed by atoms with E-state index in [0.29, 0.717) is 18.2 Å². The van der Waals surface area contributed by atoms with Gasteiger partial charge in [-0.05, 0) is 43.2 Å². The molecule has 1 fully saturated rings. The minimum atomic E-state index is -0.0666. The third-order valence-electron chi connectivity index (χ3n) is 5.21. The van der Waals surface area contributed by atoms with E-state index in [1.54, 1.807) is 27.2 Å². The van der Waals surface area contributed by atoms with E-state index in [0.717, 1.165) is 51.4 Å². The summed E-state index contributed by atoms with van der Waals surface area (Å²) in [6.07, 6.45) is 2.79.